The summed E-state index contributed by atoms with van der Waals surface area (Å²) in [5.74, 6) is -0.355. The Hall–Kier alpha value is -2.31. The van der Waals surface area contributed by atoms with Crippen LogP contribution in [0.4, 0.5) is 24.8 Å². The highest BCUT2D eigenvalue weighted by Gasteiger charge is 2.57. The van der Waals surface area contributed by atoms with Gasteiger partial charge in [-0.15, -0.1) is 0 Å². The molecule has 1 spiro atoms. The largest absolute Gasteiger partial charge is 0.534 e. The fourth-order valence-electron chi connectivity index (χ4n) is 4.05. The van der Waals surface area contributed by atoms with Crippen LogP contribution in [-0.4, -0.2) is 48.9 Å². The molecule has 0 bridgehead atoms. The molecule has 1 saturated heterocycles. The van der Waals surface area contributed by atoms with Gasteiger partial charge in [0.1, 0.15) is 5.75 Å². The summed E-state index contributed by atoms with van der Waals surface area (Å²) in [6.45, 7) is 1.08. The van der Waals surface area contributed by atoms with E-state index in [1.54, 1.807) is 6.07 Å². The molecule has 0 saturated carbocycles. The smallest absolute Gasteiger partial charge is 0.384 e. The summed E-state index contributed by atoms with van der Waals surface area (Å²) < 4.78 is 64.4. The van der Waals surface area contributed by atoms with Crippen molar-refractivity contribution in [3.8, 4) is 5.75 Å². The minimum atomic E-state index is -5.75. The molecule has 0 amide bonds. The monoisotopic (exact) mass is 449 g/mol. The molecule has 2 atom stereocenters. The van der Waals surface area contributed by atoms with Gasteiger partial charge in [0.2, 0.25) is 5.95 Å². The summed E-state index contributed by atoms with van der Waals surface area (Å²) >= 11 is 6.28. The molecule has 156 valence electrons. The molecule has 2 aromatic rings. The molecular formula is C16H15ClF3N5O3S. The van der Waals surface area contributed by atoms with E-state index >= 15 is 0 Å². The second-order valence-corrected chi connectivity index (χ2v) is 8.92. The van der Waals surface area contributed by atoms with Crippen LogP contribution >= 0.6 is 11.6 Å². The SMILES string of the molecule is CN1CC2(CNc3cc(OS(=O)(=O)C(F)(F)F)ccc32)[C@@H]1c1nc(N)ncc1Cl. The lowest BCUT2D eigenvalue weighted by molar-refractivity contribution is -0.0500. The number of anilines is 2. The average Bonchev–Trinajstić information content (AvgIpc) is 2.97. The van der Waals surface area contributed by atoms with E-state index in [2.05, 4.69) is 19.5 Å². The molecule has 2 aliphatic rings. The molecule has 0 radical (unpaired) electrons. The Morgan fingerprint density at radius 1 is 1.41 bits per heavy atom. The number of nitrogens with two attached hydrogens (primary N) is 1. The number of rotatable bonds is 3. The first-order valence-electron chi connectivity index (χ1n) is 8.32. The Labute approximate surface area is 169 Å². The number of hydrogen-bond donors (Lipinski definition) is 2. The summed E-state index contributed by atoms with van der Waals surface area (Å²) in [6.07, 6.45) is 1.42. The third kappa shape index (κ3) is 3.06. The van der Waals surface area contributed by atoms with Crippen molar-refractivity contribution in [3.63, 3.8) is 0 Å². The van der Waals surface area contributed by atoms with Crippen LogP contribution in [0.3, 0.4) is 0 Å². The van der Waals surface area contributed by atoms with Crippen LogP contribution in [0.25, 0.3) is 0 Å². The van der Waals surface area contributed by atoms with Crippen molar-refractivity contribution >= 4 is 33.4 Å². The van der Waals surface area contributed by atoms with Gasteiger partial charge in [-0.3, -0.25) is 4.90 Å². The van der Waals surface area contributed by atoms with Crippen molar-refractivity contribution in [2.75, 3.05) is 31.2 Å². The fourth-order valence-corrected chi connectivity index (χ4v) is 4.70. The topological polar surface area (TPSA) is 110 Å². The molecule has 1 unspecified atom stereocenters. The van der Waals surface area contributed by atoms with E-state index < -0.39 is 26.8 Å². The Kier molecular flexibility index (Phi) is 4.37. The van der Waals surface area contributed by atoms with Gasteiger partial charge in [-0.05, 0) is 18.7 Å². The predicted molar refractivity (Wildman–Crippen MR) is 99.0 cm³/mol. The molecule has 13 heteroatoms. The lowest BCUT2D eigenvalue weighted by Crippen LogP contribution is -2.61. The van der Waals surface area contributed by atoms with E-state index in [1.165, 1.54) is 18.3 Å². The van der Waals surface area contributed by atoms with Crippen molar-refractivity contribution in [3.05, 3.63) is 40.7 Å². The summed E-state index contributed by atoms with van der Waals surface area (Å²) in [7, 11) is -3.86. The van der Waals surface area contributed by atoms with Crippen molar-refractivity contribution in [1.82, 2.24) is 14.9 Å². The van der Waals surface area contributed by atoms with Gasteiger partial charge in [0.25, 0.3) is 0 Å². The number of nitrogens with one attached hydrogen (secondary N) is 1. The maximum atomic E-state index is 12.6. The Morgan fingerprint density at radius 3 is 2.79 bits per heavy atom. The van der Waals surface area contributed by atoms with Crippen molar-refractivity contribution in [1.29, 1.82) is 0 Å². The highest BCUT2D eigenvalue weighted by atomic mass is 35.5. The van der Waals surface area contributed by atoms with Gasteiger partial charge < -0.3 is 15.2 Å². The number of nitrogens with zero attached hydrogens (tertiary/aromatic N) is 3. The van der Waals surface area contributed by atoms with Gasteiger partial charge in [0, 0.05) is 30.3 Å². The number of likely N-dealkylation sites (tertiary alicyclic amines) is 1. The molecule has 2 aliphatic heterocycles. The zero-order valence-corrected chi connectivity index (χ0v) is 16.4. The minimum Gasteiger partial charge on any atom is -0.384 e. The van der Waals surface area contributed by atoms with Crippen molar-refractivity contribution in [2.45, 2.75) is 17.0 Å². The minimum absolute atomic E-state index is 0.0761. The lowest BCUT2D eigenvalue weighted by atomic mass is 9.67. The first-order chi connectivity index (χ1) is 13.4. The summed E-state index contributed by atoms with van der Waals surface area (Å²) in [5.41, 5.74) is 1.56. The molecule has 1 fully saturated rings. The highest BCUT2D eigenvalue weighted by Crippen LogP contribution is 2.55. The molecule has 1 aromatic heterocycles. The molecule has 8 nitrogen and oxygen atoms in total. The van der Waals surface area contributed by atoms with Crippen LogP contribution in [0.2, 0.25) is 5.02 Å². The number of alkyl halides is 3. The first kappa shape index (κ1) is 20.0. The fraction of sp³-hybridized carbons (Fsp3) is 0.375. The predicted octanol–water partition coefficient (Wildman–Crippen LogP) is 2.29. The van der Waals surface area contributed by atoms with Gasteiger partial charge in [-0.25, -0.2) is 9.97 Å². The first-order valence-corrected chi connectivity index (χ1v) is 10.1. The van der Waals surface area contributed by atoms with Gasteiger partial charge in [0.05, 0.1) is 23.0 Å². The Bertz CT molecular complexity index is 1100. The zero-order valence-electron chi connectivity index (χ0n) is 14.9. The number of benzene rings is 1. The van der Waals surface area contributed by atoms with Crippen molar-refractivity contribution in [2.24, 2.45) is 0 Å². The molecule has 3 heterocycles. The van der Waals surface area contributed by atoms with Crippen LogP contribution in [0, 0.1) is 0 Å². The van der Waals surface area contributed by atoms with Gasteiger partial charge in [-0.1, -0.05) is 17.7 Å². The third-order valence-corrected chi connectivity index (χ3v) is 6.43. The Morgan fingerprint density at radius 2 is 2.14 bits per heavy atom. The molecule has 1 aromatic carbocycles. The number of hydrogen-bond acceptors (Lipinski definition) is 8. The number of likely N-dealkylation sites (N-methyl/N-ethyl adjacent to an activating group) is 1. The number of halogens is 4. The number of nitrogen functional groups attached to an aromatic ring is 1. The van der Waals surface area contributed by atoms with Crippen LogP contribution in [0.15, 0.2) is 24.4 Å². The van der Waals surface area contributed by atoms with Gasteiger partial charge in [0.15, 0.2) is 0 Å². The van der Waals surface area contributed by atoms with E-state index in [0.29, 0.717) is 29.5 Å². The number of aromatic nitrogens is 2. The maximum absolute atomic E-state index is 12.6. The second-order valence-electron chi connectivity index (χ2n) is 6.98. The highest BCUT2D eigenvalue weighted by molar-refractivity contribution is 7.88. The second kappa shape index (κ2) is 6.34. The molecule has 3 N–H and O–H groups in total. The van der Waals surface area contributed by atoms with Crippen LogP contribution in [0.1, 0.15) is 17.3 Å². The van der Waals surface area contributed by atoms with Gasteiger partial charge in [-0.2, -0.15) is 21.6 Å². The lowest BCUT2D eigenvalue weighted by Gasteiger charge is -2.54. The van der Waals surface area contributed by atoms with E-state index in [9.17, 15) is 21.6 Å². The average molecular weight is 450 g/mol. The number of fused-ring (bicyclic) bond motifs is 2. The van der Waals surface area contributed by atoms with E-state index in [0.717, 1.165) is 5.56 Å². The standard InChI is InChI=1S/C16H15ClF3N5O3S/c1-25-7-15(13(25)12-10(17)5-22-14(21)24-12)6-23-11-4-8(2-3-9(11)15)28-29(26,27)16(18,19)20/h2-5,13,23H,6-7H2,1H3,(H2,21,22,24)/t13-,15?/m0/s1. The van der Waals surface area contributed by atoms with Crippen LogP contribution in [-0.2, 0) is 15.5 Å². The van der Waals surface area contributed by atoms with E-state index in [1.807, 2.05) is 11.9 Å². The van der Waals surface area contributed by atoms with Gasteiger partial charge >= 0.3 is 15.6 Å². The van der Waals surface area contributed by atoms with Crippen molar-refractivity contribution < 1.29 is 25.8 Å². The quantitative estimate of drug-likeness (QED) is 0.542. The summed E-state index contributed by atoms with van der Waals surface area (Å²) in [4.78, 5) is 10.1. The maximum Gasteiger partial charge on any atom is 0.534 e. The molecule has 4 rings (SSSR count). The normalized spacial score (nSPS) is 24.1. The third-order valence-electron chi connectivity index (χ3n) is 5.16. The van der Waals surface area contributed by atoms with E-state index in [-0.39, 0.29) is 12.0 Å². The zero-order chi connectivity index (χ0) is 21.2. The summed E-state index contributed by atoms with van der Waals surface area (Å²) in [5, 5.41) is 3.46. The van der Waals surface area contributed by atoms with Crippen LogP contribution < -0.4 is 15.2 Å². The Balaban J connectivity index is 1.70. The molecular weight excluding hydrogens is 435 g/mol. The summed E-state index contributed by atoms with van der Waals surface area (Å²) in [6, 6.07) is 3.73. The molecule has 29 heavy (non-hydrogen) atoms. The molecule has 0 aliphatic carbocycles. The van der Waals surface area contributed by atoms with E-state index in [4.69, 9.17) is 17.3 Å². The van der Waals surface area contributed by atoms with Crippen LogP contribution in [0.5, 0.6) is 5.75 Å².